The Bertz CT molecular complexity index is 1570. The Balaban J connectivity index is 1.28. The standard InChI is InChI=1S/C20H25N7O12P2/c21-20-25-17-14(18(29)26-20)24-8-27(17)19-16-15(28)12(37-19)7-35-40(30,31)38-11-4-10(36-13-5-22-1-2-23-13)3-9(11)6-34-41(32,33)39-16/h1-2,5,8-12,15-16,19,28H,3-4,6-7H2,(H,30,31)(H,32,33)(H3,21,25,26,29)/t9-,10-,11+,12-,15-,16-,19-/m1/s1. The van der Waals surface area contributed by atoms with Crippen LogP contribution >= 0.6 is 15.6 Å². The van der Waals surface area contributed by atoms with Crippen LogP contribution in [0.5, 0.6) is 5.88 Å². The van der Waals surface area contributed by atoms with Crippen molar-refractivity contribution in [1.29, 1.82) is 0 Å². The summed E-state index contributed by atoms with van der Waals surface area (Å²) in [4.78, 5) is 51.6. The third-order valence-corrected chi connectivity index (χ3v) is 8.83. The summed E-state index contributed by atoms with van der Waals surface area (Å²) >= 11 is 0. The van der Waals surface area contributed by atoms with Gasteiger partial charge in [0.15, 0.2) is 17.4 Å². The van der Waals surface area contributed by atoms with Gasteiger partial charge in [-0.3, -0.25) is 37.4 Å². The molecule has 6 N–H and O–H groups in total. The van der Waals surface area contributed by atoms with Crippen molar-refractivity contribution in [3.05, 3.63) is 35.3 Å². The molecule has 19 nitrogen and oxygen atoms in total. The minimum atomic E-state index is -4.90. The molecule has 21 heteroatoms. The number of anilines is 1. The van der Waals surface area contributed by atoms with Crippen LogP contribution in [0.25, 0.3) is 11.2 Å². The highest BCUT2D eigenvalue weighted by Crippen LogP contribution is 2.54. The molecule has 3 fully saturated rings. The first-order valence-electron chi connectivity index (χ1n) is 12.3. The van der Waals surface area contributed by atoms with Crippen LogP contribution in [-0.4, -0.2) is 88.1 Å². The molecule has 9 atom stereocenters. The fourth-order valence-corrected chi connectivity index (χ4v) is 6.99. The van der Waals surface area contributed by atoms with E-state index in [0.29, 0.717) is 0 Å². The van der Waals surface area contributed by atoms with E-state index in [4.69, 9.17) is 33.3 Å². The maximum atomic E-state index is 13.1. The van der Waals surface area contributed by atoms with E-state index in [1.165, 1.54) is 18.6 Å². The fourth-order valence-electron chi connectivity index (χ4n) is 5.02. The van der Waals surface area contributed by atoms with Gasteiger partial charge in [-0.05, 0) is 6.42 Å². The van der Waals surface area contributed by atoms with Crippen molar-refractivity contribution in [2.75, 3.05) is 18.9 Å². The Kier molecular flexibility index (Phi) is 7.44. The van der Waals surface area contributed by atoms with Gasteiger partial charge >= 0.3 is 15.6 Å². The van der Waals surface area contributed by atoms with Crippen LogP contribution in [-0.2, 0) is 32.0 Å². The Hall–Kier alpha value is -2.83. The molecule has 1 saturated carbocycles. The number of H-pyrrole nitrogens is 1. The number of phosphoric acid groups is 2. The second-order valence-corrected chi connectivity index (χ2v) is 12.4. The molecule has 0 aromatic carbocycles. The van der Waals surface area contributed by atoms with E-state index >= 15 is 0 Å². The zero-order valence-corrected chi connectivity index (χ0v) is 22.7. The summed E-state index contributed by atoms with van der Waals surface area (Å²) in [6.07, 6.45) is -1.86. The largest absolute Gasteiger partial charge is 0.473 e. The first-order valence-corrected chi connectivity index (χ1v) is 15.3. The van der Waals surface area contributed by atoms with Crippen molar-refractivity contribution < 1.29 is 51.6 Å². The summed E-state index contributed by atoms with van der Waals surface area (Å²) in [6, 6.07) is 0. The number of nitrogen functional groups attached to an aromatic ring is 1. The van der Waals surface area contributed by atoms with E-state index in [1.54, 1.807) is 0 Å². The highest BCUT2D eigenvalue weighted by molar-refractivity contribution is 7.47. The highest BCUT2D eigenvalue weighted by Gasteiger charge is 2.51. The van der Waals surface area contributed by atoms with E-state index in [1.807, 2.05) is 0 Å². The molecule has 2 unspecified atom stereocenters. The van der Waals surface area contributed by atoms with Crippen molar-refractivity contribution in [1.82, 2.24) is 29.5 Å². The number of nitrogens with zero attached hydrogens (tertiary/aromatic N) is 5. The first kappa shape index (κ1) is 28.3. The minimum Gasteiger partial charge on any atom is -0.473 e. The normalized spacial score (nSPS) is 38.1. The Morgan fingerprint density at radius 1 is 1.07 bits per heavy atom. The predicted molar refractivity (Wildman–Crippen MR) is 133 cm³/mol. The molecule has 0 radical (unpaired) electrons. The van der Waals surface area contributed by atoms with E-state index in [2.05, 4.69) is 24.9 Å². The molecular weight excluding hydrogens is 592 g/mol. The number of aromatic amines is 1. The van der Waals surface area contributed by atoms with Gasteiger partial charge in [0.2, 0.25) is 11.8 Å². The quantitative estimate of drug-likeness (QED) is 0.235. The summed E-state index contributed by atoms with van der Waals surface area (Å²) in [5.41, 5.74) is 4.78. The molecule has 3 aromatic heterocycles. The lowest BCUT2D eigenvalue weighted by Crippen LogP contribution is -2.35. The van der Waals surface area contributed by atoms with Crippen LogP contribution in [0.2, 0.25) is 0 Å². The molecule has 41 heavy (non-hydrogen) atoms. The van der Waals surface area contributed by atoms with Crippen molar-refractivity contribution in [2.45, 2.75) is 49.6 Å². The lowest BCUT2D eigenvalue weighted by atomic mass is 10.1. The molecule has 3 aliphatic rings. The summed E-state index contributed by atoms with van der Waals surface area (Å²) in [6.45, 7) is -1.13. The number of imidazole rings is 1. The van der Waals surface area contributed by atoms with Gasteiger partial charge in [0.05, 0.1) is 31.8 Å². The van der Waals surface area contributed by atoms with Crippen LogP contribution in [0.1, 0.15) is 19.1 Å². The van der Waals surface area contributed by atoms with Crippen LogP contribution < -0.4 is 16.0 Å². The van der Waals surface area contributed by atoms with Gasteiger partial charge in [-0.15, -0.1) is 0 Å². The van der Waals surface area contributed by atoms with Gasteiger partial charge in [-0.25, -0.2) is 19.1 Å². The van der Waals surface area contributed by atoms with Crippen molar-refractivity contribution in [3.8, 4) is 5.88 Å². The van der Waals surface area contributed by atoms with Crippen molar-refractivity contribution in [2.24, 2.45) is 5.92 Å². The molecule has 5 heterocycles. The molecule has 2 saturated heterocycles. The maximum absolute atomic E-state index is 13.1. The monoisotopic (exact) mass is 617 g/mol. The Morgan fingerprint density at radius 2 is 1.85 bits per heavy atom. The Labute approximate surface area is 229 Å². The fraction of sp³-hybridized carbons (Fsp3) is 0.550. The van der Waals surface area contributed by atoms with Gasteiger partial charge in [0, 0.05) is 24.7 Å². The number of hydrogen-bond acceptors (Lipinski definition) is 15. The minimum absolute atomic E-state index is 0.0764. The van der Waals surface area contributed by atoms with Crippen LogP contribution in [0.15, 0.2) is 29.7 Å². The number of hydrogen-bond donors (Lipinski definition) is 5. The molecule has 6 rings (SSSR count). The zero-order valence-electron chi connectivity index (χ0n) is 20.9. The van der Waals surface area contributed by atoms with E-state index in [9.17, 15) is 28.8 Å². The number of aromatic nitrogens is 6. The molecular formula is C20H25N7O12P2. The molecule has 1 aliphatic carbocycles. The zero-order chi connectivity index (χ0) is 28.9. The summed E-state index contributed by atoms with van der Waals surface area (Å²) in [5, 5.41) is 10.9. The van der Waals surface area contributed by atoms with Gasteiger partial charge in [0.1, 0.15) is 24.4 Å². The van der Waals surface area contributed by atoms with E-state index in [-0.39, 0.29) is 35.8 Å². The van der Waals surface area contributed by atoms with Crippen molar-refractivity contribution >= 4 is 32.8 Å². The van der Waals surface area contributed by atoms with Crippen LogP contribution in [0, 0.1) is 5.92 Å². The second-order valence-electron chi connectivity index (χ2n) is 9.59. The first-order chi connectivity index (χ1) is 19.5. The lowest BCUT2D eigenvalue weighted by Gasteiger charge is -2.25. The number of nitrogens with one attached hydrogen (secondary N) is 1. The van der Waals surface area contributed by atoms with Gasteiger partial charge in [-0.2, -0.15) is 4.98 Å². The third kappa shape index (κ3) is 5.91. The average Bonchev–Trinajstić information content (AvgIpc) is 3.57. The van der Waals surface area contributed by atoms with Gasteiger partial charge < -0.3 is 30.1 Å². The topological polar surface area (TPSA) is 266 Å². The number of ether oxygens (including phenoxy) is 2. The second kappa shape index (κ2) is 10.8. The summed E-state index contributed by atoms with van der Waals surface area (Å²) in [7, 11) is -9.65. The van der Waals surface area contributed by atoms with Gasteiger partial charge in [-0.1, -0.05) is 0 Å². The van der Waals surface area contributed by atoms with E-state index < -0.39 is 77.1 Å². The van der Waals surface area contributed by atoms with Crippen molar-refractivity contribution in [3.63, 3.8) is 0 Å². The number of nitrogens with two attached hydrogens (primary N) is 1. The number of phosphoric ester groups is 2. The molecule has 222 valence electrons. The third-order valence-electron chi connectivity index (χ3n) is 6.83. The smallest absolute Gasteiger partial charge is 0.472 e. The summed E-state index contributed by atoms with van der Waals surface area (Å²) in [5.74, 6) is -0.730. The number of aliphatic hydroxyl groups excluding tert-OH is 1. The molecule has 0 amide bonds. The SMILES string of the molecule is Nc1nc2c(ncn2[C@@H]2O[C@@H]3COP(=O)(O)O[C@H]4C[C@H](Oc5cnccn5)C[C@@H]4COP(=O)(O)O[C@@H]2[C@@H]3O)c(=O)[nH]1. The average molecular weight is 617 g/mol. The highest BCUT2D eigenvalue weighted by atomic mass is 31.2. The molecule has 0 spiro atoms. The molecule has 2 bridgehead atoms. The Morgan fingerprint density at radius 3 is 2.63 bits per heavy atom. The lowest BCUT2D eigenvalue weighted by molar-refractivity contribution is -0.0561. The summed E-state index contributed by atoms with van der Waals surface area (Å²) < 4.78 is 59.9. The number of aliphatic hydroxyl groups is 1. The van der Waals surface area contributed by atoms with Gasteiger partial charge in [0.25, 0.3) is 5.56 Å². The predicted octanol–water partition coefficient (Wildman–Crippen LogP) is -0.374. The maximum Gasteiger partial charge on any atom is 0.472 e. The van der Waals surface area contributed by atoms with Crippen LogP contribution in [0.3, 0.4) is 0 Å². The van der Waals surface area contributed by atoms with E-state index in [0.717, 1.165) is 10.9 Å². The molecule has 2 aliphatic heterocycles. The number of fused-ring (bicyclic) bond motifs is 4. The molecule has 3 aromatic rings. The number of rotatable bonds is 3. The van der Waals surface area contributed by atoms with Crippen LogP contribution in [0.4, 0.5) is 5.95 Å².